The van der Waals surface area contributed by atoms with Crippen molar-refractivity contribution in [1.29, 1.82) is 0 Å². The van der Waals surface area contributed by atoms with Crippen molar-refractivity contribution in [1.82, 2.24) is 14.4 Å². The van der Waals surface area contributed by atoms with E-state index in [1.165, 1.54) is 0 Å². The first-order valence-corrected chi connectivity index (χ1v) is 8.54. The highest BCUT2D eigenvalue weighted by atomic mass is 79.9. The van der Waals surface area contributed by atoms with Gasteiger partial charge in [0.25, 0.3) is 5.91 Å². The molecular formula is C16H11BrN4OS. The lowest BCUT2D eigenvalue weighted by molar-refractivity contribution is 0.102. The number of thiazole rings is 1. The maximum atomic E-state index is 12.1. The molecule has 4 rings (SSSR count). The van der Waals surface area contributed by atoms with E-state index in [-0.39, 0.29) is 5.91 Å². The summed E-state index contributed by atoms with van der Waals surface area (Å²) in [5.41, 5.74) is 3.19. The molecule has 0 spiro atoms. The molecule has 0 saturated carbocycles. The monoisotopic (exact) mass is 386 g/mol. The third-order valence-electron chi connectivity index (χ3n) is 3.42. The number of benzene rings is 1. The molecule has 114 valence electrons. The molecule has 7 heteroatoms. The van der Waals surface area contributed by atoms with Gasteiger partial charge in [0.15, 0.2) is 4.96 Å². The lowest BCUT2D eigenvalue weighted by Crippen LogP contribution is -2.11. The van der Waals surface area contributed by atoms with E-state index >= 15 is 0 Å². The van der Waals surface area contributed by atoms with E-state index in [0.717, 1.165) is 26.4 Å². The lowest BCUT2D eigenvalue weighted by Gasteiger charge is -2.04. The Bertz CT molecular complexity index is 955. The molecule has 1 amide bonds. The molecule has 3 heterocycles. The second-order valence-corrected chi connectivity index (χ2v) is 6.77. The molecule has 0 saturated heterocycles. The van der Waals surface area contributed by atoms with Gasteiger partial charge in [-0.2, -0.15) is 0 Å². The second-order valence-electron chi connectivity index (χ2n) is 4.98. The molecule has 0 fully saturated rings. The van der Waals surface area contributed by atoms with Gasteiger partial charge in [-0.05, 0) is 34.1 Å². The number of hydrogen-bond acceptors (Lipinski definition) is 3. The first kappa shape index (κ1) is 14.2. The van der Waals surface area contributed by atoms with Gasteiger partial charge >= 0.3 is 0 Å². The number of fused-ring (bicyclic) bond motifs is 1. The van der Waals surface area contributed by atoms with Gasteiger partial charge < -0.3 is 10.3 Å². The zero-order valence-electron chi connectivity index (χ0n) is 11.8. The fraction of sp³-hybridized carbons (Fsp3) is 0. The number of H-pyrrole nitrogens is 1. The third kappa shape index (κ3) is 2.80. The number of imidazole rings is 1. The molecule has 1 aromatic carbocycles. The molecular weight excluding hydrogens is 376 g/mol. The summed E-state index contributed by atoms with van der Waals surface area (Å²) in [6, 6.07) is 9.39. The number of carbonyl (C=O) groups excluding carboxylic acids is 1. The SMILES string of the molecule is O=C(Nc1ccc(-c2cn3ccsc3n2)cc1)c1cc(Br)c[nH]1. The Labute approximate surface area is 144 Å². The van der Waals surface area contributed by atoms with Crippen molar-refractivity contribution < 1.29 is 4.79 Å². The van der Waals surface area contributed by atoms with Gasteiger partial charge in [-0.1, -0.05) is 12.1 Å². The highest BCUT2D eigenvalue weighted by Gasteiger charge is 2.09. The highest BCUT2D eigenvalue weighted by molar-refractivity contribution is 9.10. The summed E-state index contributed by atoms with van der Waals surface area (Å²) >= 11 is 4.91. The maximum absolute atomic E-state index is 12.1. The predicted octanol–water partition coefficient (Wildman–Crippen LogP) is 4.41. The number of hydrogen-bond donors (Lipinski definition) is 2. The summed E-state index contributed by atoms with van der Waals surface area (Å²) < 4.78 is 2.84. The van der Waals surface area contributed by atoms with E-state index in [9.17, 15) is 4.79 Å². The van der Waals surface area contributed by atoms with Crippen molar-refractivity contribution in [2.75, 3.05) is 5.32 Å². The molecule has 2 N–H and O–H groups in total. The highest BCUT2D eigenvalue weighted by Crippen LogP contribution is 2.23. The normalized spacial score (nSPS) is 11.0. The van der Waals surface area contributed by atoms with E-state index < -0.39 is 0 Å². The van der Waals surface area contributed by atoms with Crippen molar-refractivity contribution in [3.63, 3.8) is 0 Å². The van der Waals surface area contributed by atoms with Crippen molar-refractivity contribution in [3.8, 4) is 11.3 Å². The summed E-state index contributed by atoms with van der Waals surface area (Å²) in [6.45, 7) is 0. The second kappa shape index (κ2) is 5.68. The summed E-state index contributed by atoms with van der Waals surface area (Å²) in [4.78, 5) is 20.5. The molecule has 4 aromatic rings. The van der Waals surface area contributed by atoms with Crippen LogP contribution >= 0.6 is 27.3 Å². The Morgan fingerprint density at radius 3 is 2.83 bits per heavy atom. The Morgan fingerprint density at radius 2 is 2.13 bits per heavy atom. The zero-order chi connectivity index (χ0) is 15.8. The minimum atomic E-state index is -0.175. The smallest absolute Gasteiger partial charge is 0.272 e. The van der Waals surface area contributed by atoms with Gasteiger partial charge in [0.05, 0.1) is 5.69 Å². The third-order valence-corrected chi connectivity index (χ3v) is 4.65. The molecule has 0 unspecified atom stereocenters. The standard InChI is InChI=1S/C16H11BrN4OS/c17-11-7-13(18-8-11)15(22)19-12-3-1-10(2-4-12)14-9-21-5-6-23-16(21)20-14/h1-9,18H,(H,19,22). The minimum absolute atomic E-state index is 0.175. The van der Waals surface area contributed by atoms with Crippen LogP contribution in [0.4, 0.5) is 5.69 Å². The number of halogens is 1. The van der Waals surface area contributed by atoms with Crippen molar-refractivity contribution >= 4 is 43.8 Å². The van der Waals surface area contributed by atoms with Crippen LogP contribution in [0.15, 0.2) is 58.8 Å². The first-order chi connectivity index (χ1) is 11.2. The van der Waals surface area contributed by atoms with Crippen molar-refractivity contribution in [2.45, 2.75) is 0 Å². The number of nitrogens with one attached hydrogen (secondary N) is 2. The van der Waals surface area contributed by atoms with E-state index in [1.807, 2.05) is 46.4 Å². The number of carbonyl (C=O) groups is 1. The molecule has 0 aliphatic heterocycles. The van der Waals surface area contributed by atoms with Crippen LogP contribution in [-0.2, 0) is 0 Å². The predicted molar refractivity (Wildman–Crippen MR) is 95.0 cm³/mol. The topological polar surface area (TPSA) is 62.2 Å². The lowest BCUT2D eigenvalue weighted by atomic mass is 10.1. The Balaban J connectivity index is 1.53. The van der Waals surface area contributed by atoms with Gasteiger partial charge in [-0.15, -0.1) is 11.3 Å². The van der Waals surface area contributed by atoms with Crippen LogP contribution in [0.1, 0.15) is 10.5 Å². The molecule has 0 radical (unpaired) electrons. The van der Waals surface area contributed by atoms with Crippen LogP contribution < -0.4 is 5.32 Å². The quantitative estimate of drug-likeness (QED) is 0.547. The van der Waals surface area contributed by atoms with Crippen molar-refractivity contribution in [3.05, 3.63) is 64.5 Å². The first-order valence-electron chi connectivity index (χ1n) is 6.87. The minimum Gasteiger partial charge on any atom is -0.356 e. The number of anilines is 1. The summed E-state index contributed by atoms with van der Waals surface area (Å²) in [7, 11) is 0. The summed E-state index contributed by atoms with van der Waals surface area (Å²) in [6.07, 6.45) is 5.71. The number of nitrogens with zero attached hydrogens (tertiary/aromatic N) is 2. The number of amides is 1. The Morgan fingerprint density at radius 1 is 1.30 bits per heavy atom. The Kier molecular flexibility index (Phi) is 3.51. The van der Waals surface area contributed by atoms with Gasteiger partial charge in [-0.25, -0.2) is 4.98 Å². The van der Waals surface area contributed by atoms with E-state index in [2.05, 4.69) is 31.2 Å². The van der Waals surface area contributed by atoms with Crippen LogP contribution in [0.2, 0.25) is 0 Å². The van der Waals surface area contributed by atoms with E-state index in [1.54, 1.807) is 23.6 Å². The summed E-state index contributed by atoms with van der Waals surface area (Å²) in [5.74, 6) is -0.175. The molecule has 23 heavy (non-hydrogen) atoms. The average Bonchev–Trinajstić information content (AvgIpc) is 3.23. The molecule has 0 aliphatic carbocycles. The fourth-order valence-electron chi connectivity index (χ4n) is 2.29. The van der Waals surface area contributed by atoms with Crippen LogP contribution in [-0.4, -0.2) is 20.3 Å². The fourth-order valence-corrected chi connectivity index (χ4v) is 3.33. The molecule has 3 aromatic heterocycles. The largest absolute Gasteiger partial charge is 0.356 e. The Hall–Kier alpha value is -2.38. The number of rotatable bonds is 3. The van der Waals surface area contributed by atoms with Crippen LogP contribution in [0, 0.1) is 0 Å². The molecule has 0 bridgehead atoms. The average molecular weight is 387 g/mol. The van der Waals surface area contributed by atoms with Crippen LogP contribution in [0.3, 0.4) is 0 Å². The summed E-state index contributed by atoms with van der Waals surface area (Å²) in [5, 5.41) is 4.86. The number of aromatic nitrogens is 3. The van der Waals surface area contributed by atoms with Crippen molar-refractivity contribution in [2.24, 2.45) is 0 Å². The van der Waals surface area contributed by atoms with Gasteiger partial charge in [0.2, 0.25) is 0 Å². The number of aromatic amines is 1. The maximum Gasteiger partial charge on any atom is 0.272 e. The zero-order valence-corrected chi connectivity index (χ0v) is 14.2. The molecule has 0 aliphatic rings. The van der Waals surface area contributed by atoms with E-state index in [0.29, 0.717) is 5.69 Å². The van der Waals surface area contributed by atoms with Crippen LogP contribution in [0.25, 0.3) is 16.2 Å². The van der Waals surface area contributed by atoms with Gasteiger partial charge in [-0.3, -0.25) is 9.20 Å². The molecule has 0 atom stereocenters. The van der Waals surface area contributed by atoms with E-state index in [4.69, 9.17) is 0 Å². The van der Waals surface area contributed by atoms with Gasteiger partial charge in [0.1, 0.15) is 5.69 Å². The van der Waals surface area contributed by atoms with Gasteiger partial charge in [0, 0.05) is 39.7 Å². The van der Waals surface area contributed by atoms with Crippen LogP contribution in [0.5, 0.6) is 0 Å². The molecule has 5 nitrogen and oxygen atoms in total.